The van der Waals surface area contributed by atoms with E-state index in [0.29, 0.717) is 5.92 Å². The van der Waals surface area contributed by atoms with E-state index in [4.69, 9.17) is 6.02 Å². The van der Waals surface area contributed by atoms with Gasteiger partial charge in [-0.25, -0.2) is 0 Å². The van der Waals surface area contributed by atoms with Crippen LogP contribution in [0.5, 0.6) is 0 Å². The smallest absolute Gasteiger partial charge is 0.355 e. The number of carbonyl (C=O) groups is 1. The Morgan fingerprint density at radius 1 is 1.19 bits per heavy atom. The number of hydrogen-bond donors (Lipinski definition) is 0. The first-order valence-corrected chi connectivity index (χ1v) is 13.6. The summed E-state index contributed by atoms with van der Waals surface area (Å²) in [6.07, 6.45) is 8.72. The molecule has 26 heavy (non-hydrogen) atoms. The van der Waals surface area contributed by atoms with E-state index in [1.807, 2.05) is 6.26 Å². The monoisotopic (exact) mass is 417 g/mol. The fourth-order valence-electron chi connectivity index (χ4n) is 6.09. The lowest BCUT2D eigenvalue weighted by molar-refractivity contribution is -0.111. The van der Waals surface area contributed by atoms with Crippen LogP contribution in [-0.2, 0) is 21.3 Å². The SMILES string of the molecule is CC1C[C@@H]2C(C(C)C=O)[C@@H]2C1.CO/C=C(\C)C1[C@H]2CC(C)C[C@@H]12.[3H][P+](P)=S. The third-order valence-electron chi connectivity index (χ3n) is 7.08. The maximum Gasteiger partial charge on any atom is 0.355 e. The Morgan fingerprint density at radius 2 is 1.62 bits per heavy atom. The van der Waals surface area contributed by atoms with Crippen molar-refractivity contribution in [2.24, 2.45) is 53.3 Å². The number of allylic oxidation sites excluding steroid dienone is 1. The van der Waals surface area contributed by atoms with Crippen molar-refractivity contribution in [2.75, 3.05) is 7.11 Å². The molecule has 4 aliphatic rings. The predicted molar refractivity (Wildman–Crippen MR) is 119 cm³/mol. The summed E-state index contributed by atoms with van der Waals surface area (Å²) in [5.74, 6) is 7.74. The van der Waals surface area contributed by atoms with Gasteiger partial charge in [-0.1, -0.05) is 20.8 Å². The largest absolute Gasteiger partial charge is 0.504 e. The second-order valence-corrected chi connectivity index (χ2v) is 11.9. The second kappa shape index (κ2) is 10.1. The summed E-state index contributed by atoms with van der Waals surface area (Å²) in [6, 6.07) is 0. The average Bonchev–Trinajstić information content (AvgIpc) is 3.31. The van der Waals surface area contributed by atoms with Gasteiger partial charge in [0.2, 0.25) is 0 Å². The van der Waals surface area contributed by atoms with Crippen LogP contribution < -0.4 is 0 Å². The molecule has 0 N–H and O–H groups in total. The molecule has 11 atom stereocenters. The molecule has 0 heterocycles. The van der Waals surface area contributed by atoms with Crippen molar-refractivity contribution in [1.82, 2.24) is 0 Å². The molecule has 0 bridgehead atoms. The van der Waals surface area contributed by atoms with Crippen molar-refractivity contribution in [2.45, 2.75) is 53.4 Å². The van der Waals surface area contributed by atoms with Crippen LogP contribution in [0.2, 0.25) is 0 Å². The molecule has 4 saturated carbocycles. The highest BCUT2D eigenvalue weighted by atomic mass is 32.6. The van der Waals surface area contributed by atoms with E-state index in [9.17, 15) is 4.79 Å². The highest BCUT2D eigenvalue weighted by molar-refractivity contribution is 8.24. The minimum Gasteiger partial charge on any atom is -0.504 e. The van der Waals surface area contributed by atoms with Gasteiger partial charge in [0.15, 0.2) is 18.8 Å². The van der Waals surface area contributed by atoms with Crippen LogP contribution in [-0.4, -0.2) is 14.7 Å². The molecule has 7 unspecified atom stereocenters. The standard InChI is InChI=1S/C11H18O.C10H16O.H2P2S/c1-7-4-9-10(5-7)11(9)8(2)6-12-3;1-6-3-8-9(4-6)10(8)7(2)5-11;1-2-3/h6-7,9-11H,4-5H2,1-3H3;5-10H,3-4H2,1-2H3;1H2/p+1/b8-6+;;/t7?,9-,10+,11?;6?,7?,8-,9+,10?;/i/hT. The molecule has 0 aliphatic heterocycles. The van der Waals surface area contributed by atoms with E-state index in [2.05, 4.69) is 48.4 Å². The van der Waals surface area contributed by atoms with Crippen molar-refractivity contribution in [3.8, 4) is 0 Å². The minimum atomic E-state index is -0.870. The van der Waals surface area contributed by atoms with Gasteiger partial charge < -0.3 is 9.53 Å². The quantitative estimate of drug-likeness (QED) is 0.326. The molecule has 0 radical (unpaired) electrons. The Labute approximate surface area is 170 Å². The second-order valence-electron chi connectivity index (χ2n) is 9.11. The topological polar surface area (TPSA) is 26.3 Å². The molecule has 4 fully saturated rings. The summed E-state index contributed by atoms with van der Waals surface area (Å²) in [5, 5.41) is 0. The van der Waals surface area contributed by atoms with E-state index >= 15 is 0 Å². The average molecular weight is 418 g/mol. The summed E-state index contributed by atoms with van der Waals surface area (Å²) < 4.78 is 11.5. The van der Waals surface area contributed by atoms with Crippen LogP contribution in [0.4, 0.5) is 0 Å². The summed E-state index contributed by atoms with van der Waals surface area (Å²) in [4.78, 5) is 10.5. The molecule has 5 heteroatoms. The summed E-state index contributed by atoms with van der Waals surface area (Å²) in [5.41, 5.74) is 1.46. The van der Waals surface area contributed by atoms with Gasteiger partial charge in [0.1, 0.15) is 6.29 Å². The lowest BCUT2D eigenvalue weighted by Gasteiger charge is -2.09. The molecular formula is C21H37O2P2S+. The third kappa shape index (κ3) is 5.36. The number of rotatable bonds is 4. The van der Waals surface area contributed by atoms with E-state index in [1.165, 1.54) is 31.3 Å². The van der Waals surface area contributed by atoms with Gasteiger partial charge >= 0.3 is 1.28 Å². The third-order valence-corrected chi connectivity index (χ3v) is 7.08. The van der Waals surface area contributed by atoms with Crippen molar-refractivity contribution in [3.05, 3.63) is 11.8 Å². The van der Waals surface area contributed by atoms with Crippen LogP contribution in [0, 0.1) is 53.3 Å². The van der Waals surface area contributed by atoms with E-state index in [1.54, 1.807) is 7.11 Å². The van der Waals surface area contributed by atoms with Crippen molar-refractivity contribution in [1.29, 1.82) is 1.28 Å². The number of carbonyl (C=O) groups excluding carboxylic acids is 1. The van der Waals surface area contributed by atoms with Gasteiger partial charge in [0.25, 0.3) is 0 Å². The van der Waals surface area contributed by atoms with Crippen LogP contribution >= 0.6 is 15.9 Å². The molecule has 4 rings (SSSR count). The number of hydrogen-bond acceptors (Lipinski definition) is 3. The first-order valence-electron chi connectivity index (χ1n) is 10.5. The molecule has 4 aliphatic carbocycles. The first-order chi connectivity index (χ1) is 12.7. The molecule has 0 saturated heterocycles. The molecule has 0 aromatic heterocycles. The Morgan fingerprint density at radius 3 is 2.00 bits per heavy atom. The molecule has 148 valence electrons. The Bertz CT molecular complexity index is 542. The number of methoxy groups -OCH3 is 1. The highest BCUT2D eigenvalue weighted by Crippen LogP contribution is 2.62. The minimum absolute atomic E-state index is 0.331. The normalized spacial score (nSPS) is 44.0. The van der Waals surface area contributed by atoms with Crippen molar-refractivity contribution >= 4 is 34.0 Å². The molecule has 2 nitrogen and oxygen atoms in total. The molecule has 0 aromatic carbocycles. The Kier molecular flexibility index (Phi) is 8.10. The maximum atomic E-state index is 10.5. The van der Waals surface area contributed by atoms with Gasteiger partial charge in [-0.15, -0.1) is 0 Å². The molecular weight excluding hydrogens is 378 g/mol. The number of fused-ring (bicyclic) bond motifs is 2. The molecule has 0 amide bonds. The zero-order valence-electron chi connectivity index (χ0n) is 17.9. The Balaban J connectivity index is 0.000000163. The lowest BCUT2D eigenvalue weighted by atomic mass is 9.95. The number of aldehydes is 1. The summed E-state index contributed by atoms with van der Waals surface area (Å²) >= 11 is 4.31. The van der Waals surface area contributed by atoms with Crippen molar-refractivity contribution in [3.63, 3.8) is 0 Å². The van der Waals surface area contributed by atoms with Gasteiger partial charge in [0.05, 0.1) is 22.3 Å². The lowest BCUT2D eigenvalue weighted by Crippen LogP contribution is -2.06. The van der Waals surface area contributed by atoms with E-state index < -0.39 is 6.99 Å². The van der Waals surface area contributed by atoms with Crippen LogP contribution in [0.15, 0.2) is 11.8 Å². The molecule has 0 spiro atoms. The zero-order chi connectivity index (χ0) is 20.3. The van der Waals surface area contributed by atoms with E-state index in [-0.39, 0.29) is 0 Å². The fraction of sp³-hybridized carbons (Fsp3) is 0.857. The Hall–Kier alpha value is 0.160. The predicted octanol–water partition coefficient (Wildman–Crippen LogP) is 5.86. The van der Waals surface area contributed by atoms with Gasteiger partial charge in [-0.05, 0) is 85.5 Å². The van der Waals surface area contributed by atoms with Gasteiger partial charge in [0, 0.05) is 5.92 Å². The fourth-order valence-corrected chi connectivity index (χ4v) is 6.09. The van der Waals surface area contributed by atoms with Crippen LogP contribution in [0.25, 0.3) is 0 Å². The molecule has 0 aromatic rings. The van der Waals surface area contributed by atoms with Gasteiger partial charge in [-0.3, -0.25) is 0 Å². The first kappa shape index (κ1) is 20.9. The highest BCUT2D eigenvalue weighted by Gasteiger charge is 2.56. The van der Waals surface area contributed by atoms with Crippen molar-refractivity contribution < 1.29 is 9.53 Å². The van der Waals surface area contributed by atoms with Crippen LogP contribution in [0.1, 0.15) is 53.4 Å². The maximum absolute atomic E-state index is 10.5. The number of ether oxygens (including phenoxy) is 1. The van der Waals surface area contributed by atoms with E-state index in [0.717, 1.165) is 53.6 Å². The van der Waals surface area contributed by atoms with Crippen LogP contribution in [0.3, 0.4) is 0 Å². The zero-order valence-corrected chi connectivity index (χ0v) is 19.8. The van der Waals surface area contributed by atoms with Gasteiger partial charge in [-0.2, -0.15) is 0 Å². The summed E-state index contributed by atoms with van der Waals surface area (Å²) in [7, 11) is 3.94. The summed E-state index contributed by atoms with van der Waals surface area (Å²) in [6.45, 7) is 8.11.